The molecule has 1 unspecified atom stereocenters. The molecule has 1 aliphatic heterocycles. The summed E-state index contributed by atoms with van der Waals surface area (Å²) in [6.45, 7) is 3.09. The Bertz CT molecular complexity index is 498. The van der Waals surface area contributed by atoms with Gasteiger partial charge in [-0.1, -0.05) is 17.7 Å². The third kappa shape index (κ3) is 3.17. The summed E-state index contributed by atoms with van der Waals surface area (Å²) >= 11 is 0. The van der Waals surface area contributed by atoms with Gasteiger partial charge in [0.15, 0.2) is 0 Å². The maximum Gasteiger partial charge on any atom is 0.304 e. The molecule has 1 fully saturated rings. The first-order valence-electron chi connectivity index (χ1n) is 6.79. The monoisotopic (exact) mass is 276 g/mol. The van der Waals surface area contributed by atoms with Crippen LogP contribution in [0.3, 0.4) is 0 Å². The van der Waals surface area contributed by atoms with Crippen molar-refractivity contribution in [2.24, 2.45) is 0 Å². The van der Waals surface area contributed by atoms with E-state index >= 15 is 0 Å². The molecule has 1 aromatic rings. The van der Waals surface area contributed by atoms with Gasteiger partial charge < -0.3 is 10.0 Å². The van der Waals surface area contributed by atoms with Crippen LogP contribution in [0.15, 0.2) is 24.3 Å². The van der Waals surface area contributed by atoms with Crippen LogP contribution in [0.5, 0.6) is 0 Å². The molecule has 1 heterocycles. The van der Waals surface area contributed by atoms with Gasteiger partial charge in [0, 0.05) is 18.8 Å². The zero-order valence-corrected chi connectivity index (χ0v) is 11.9. The van der Waals surface area contributed by atoms with Crippen molar-refractivity contribution in [1.82, 2.24) is 4.90 Å². The lowest BCUT2D eigenvalue weighted by molar-refractivity contribution is -0.137. The number of rotatable bonds is 5. The molecule has 1 amide bonds. The lowest BCUT2D eigenvalue weighted by atomic mass is 10.2. The molecule has 1 atom stereocenters. The second-order valence-corrected chi connectivity index (χ2v) is 5.25. The molecule has 5 nitrogen and oxygen atoms in total. The molecular weight excluding hydrogens is 256 g/mol. The van der Waals surface area contributed by atoms with E-state index in [1.54, 1.807) is 4.90 Å². The standard InChI is InChI=1S/C15H20N2O3/c1-11-3-5-12(6-4-11)17-10-7-13(15(17)20)16(2)9-8-14(18)19/h3-6,13H,7-10H2,1-2H3,(H,18,19). The molecule has 5 heteroatoms. The first-order chi connectivity index (χ1) is 9.49. The fourth-order valence-corrected chi connectivity index (χ4v) is 2.48. The number of nitrogens with zero attached hydrogens (tertiary/aromatic N) is 2. The van der Waals surface area contributed by atoms with E-state index < -0.39 is 5.97 Å². The minimum atomic E-state index is -0.835. The van der Waals surface area contributed by atoms with E-state index in [0.29, 0.717) is 13.1 Å². The van der Waals surface area contributed by atoms with Crippen molar-refractivity contribution in [3.63, 3.8) is 0 Å². The van der Waals surface area contributed by atoms with Crippen LogP contribution >= 0.6 is 0 Å². The molecule has 0 aromatic heterocycles. The second-order valence-electron chi connectivity index (χ2n) is 5.25. The van der Waals surface area contributed by atoms with Crippen LogP contribution in [0.2, 0.25) is 0 Å². The Morgan fingerprint density at radius 2 is 2.05 bits per heavy atom. The Kier molecular flexibility index (Phi) is 4.39. The smallest absolute Gasteiger partial charge is 0.304 e. The maximum atomic E-state index is 12.4. The van der Waals surface area contributed by atoms with Crippen LogP contribution in [0, 0.1) is 6.92 Å². The Balaban J connectivity index is 2.01. The van der Waals surface area contributed by atoms with Gasteiger partial charge in [0.05, 0.1) is 12.5 Å². The second kappa shape index (κ2) is 6.05. The number of aliphatic carboxylic acids is 1. The summed E-state index contributed by atoms with van der Waals surface area (Å²) < 4.78 is 0. The van der Waals surface area contributed by atoms with E-state index in [-0.39, 0.29) is 18.4 Å². The molecule has 1 N–H and O–H groups in total. The van der Waals surface area contributed by atoms with E-state index in [4.69, 9.17) is 5.11 Å². The first-order valence-corrected chi connectivity index (χ1v) is 6.79. The van der Waals surface area contributed by atoms with Gasteiger partial charge in [0.2, 0.25) is 5.91 Å². The number of aryl methyl sites for hydroxylation is 1. The summed E-state index contributed by atoms with van der Waals surface area (Å²) in [6.07, 6.45) is 0.799. The third-order valence-electron chi connectivity index (χ3n) is 3.73. The Hall–Kier alpha value is -1.88. The number of carbonyl (C=O) groups excluding carboxylic acids is 1. The molecule has 0 radical (unpaired) electrons. The molecule has 0 saturated carbocycles. The van der Waals surface area contributed by atoms with Gasteiger partial charge in [0.25, 0.3) is 0 Å². The van der Waals surface area contributed by atoms with Gasteiger partial charge in [0.1, 0.15) is 0 Å². The fourth-order valence-electron chi connectivity index (χ4n) is 2.48. The quantitative estimate of drug-likeness (QED) is 0.885. The lowest BCUT2D eigenvalue weighted by Crippen LogP contribution is -2.40. The normalized spacial score (nSPS) is 18.9. The summed E-state index contributed by atoms with van der Waals surface area (Å²) in [5.74, 6) is -0.778. The van der Waals surface area contributed by atoms with Crippen LogP contribution in [0.1, 0.15) is 18.4 Å². The molecule has 2 rings (SSSR count). The Morgan fingerprint density at radius 1 is 1.40 bits per heavy atom. The zero-order chi connectivity index (χ0) is 14.7. The van der Waals surface area contributed by atoms with Crippen molar-refractivity contribution < 1.29 is 14.7 Å². The van der Waals surface area contributed by atoms with Crippen LogP contribution in [0.25, 0.3) is 0 Å². The van der Waals surface area contributed by atoms with E-state index in [1.165, 1.54) is 0 Å². The van der Waals surface area contributed by atoms with E-state index in [1.807, 2.05) is 43.1 Å². The van der Waals surface area contributed by atoms with Gasteiger partial charge in [-0.15, -0.1) is 0 Å². The van der Waals surface area contributed by atoms with Crippen LogP contribution in [0.4, 0.5) is 5.69 Å². The summed E-state index contributed by atoms with van der Waals surface area (Å²) in [5.41, 5.74) is 2.07. The molecule has 0 spiro atoms. The number of hydrogen-bond donors (Lipinski definition) is 1. The SMILES string of the molecule is Cc1ccc(N2CCC(N(C)CCC(=O)O)C2=O)cc1. The van der Waals surface area contributed by atoms with Crippen LogP contribution in [-0.2, 0) is 9.59 Å². The molecule has 0 aliphatic carbocycles. The highest BCUT2D eigenvalue weighted by Crippen LogP contribution is 2.24. The molecular formula is C15H20N2O3. The van der Waals surface area contributed by atoms with Crippen molar-refractivity contribution in [2.75, 3.05) is 25.0 Å². The summed E-state index contributed by atoms with van der Waals surface area (Å²) in [6, 6.07) is 7.67. The average molecular weight is 276 g/mol. The van der Waals surface area contributed by atoms with Gasteiger partial charge in [-0.05, 0) is 32.5 Å². The third-order valence-corrected chi connectivity index (χ3v) is 3.73. The van der Waals surface area contributed by atoms with Crippen molar-refractivity contribution in [3.8, 4) is 0 Å². The number of benzene rings is 1. The number of carboxylic acids is 1. The fraction of sp³-hybridized carbons (Fsp3) is 0.467. The van der Waals surface area contributed by atoms with Gasteiger partial charge >= 0.3 is 5.97 Å². The van der Waals surface area contributed by atoms with Crippen molar-refractivity contribution in [1.29, 1.82) is 0 Å². The van der Waals surface area contributed by atoms with Gasteiger partial charge in [-0.2, -0.15) is 0 Å². The van der Waals surface area contributed by atoms with Gasteiger partial charge in [-0.3, -0.25) is 14.5 Å². The Labute approximate surface area is 118 Å². The lowest BCUT2D eigenvalue weighted by Gasteiger charge is -2.23. The molecule has 1 aliphatic rings. The number of amides is 1. The predicted octanol–water partition coefficient (Wildman–Crippen LogP) is 1.51. The molecule has 1 saturated heterocycles. The van der Waals surface area contributed by atoms with Crippen LogP contribution in [-0.4, -0.2) is 48.1 Å². The number of anilines is 1. The van der Waals surface area contributed by atoms with E-state index in [2.05, 4.69) is 0 Å². The number of carbonyl (C=O) groups is 2. The van der Waals surface area contributed by atoms with Crippen molar-refractivity contribution >= 4 is 17.6 Å². The van der Waals surface area contributed by atoms with E-state index in [0.717, 1.165) is 17.7 Å². The zero-order valence-electron chi connectivity index (χ0n) is 11.9. The molecule has 0 bridgehead atoms. The Morgan fingerprint density at radius 3 is 2.65 bits per heavy atom. The average Bonchev–Trinajstić information content (AvgIpc) is 2.79. The largest absolute Gasteiger partial charge is 0.481 e. The molecule has 108 valence electrons. The summed E-state index contributed by atoms with van der Waals surface area (Å²) in [7, 11) is 1.81. The summed E-state index contributed by atoms with van der Waals surface area (Å²) in [4.78, 5) is 26.6. The highest BCUT2D eigenvalue weighted by molar-refractivity contribution is 5.99. The highest BCUT2D eigenvalue weighted by Gasteiger charge is 2.35. The maximum absolute atomic E-state index is 12.4. The predicted molar refractivity (Wildman–Crippen MR) is 76.8 cm³/mol. The topological polar surface area (TPSA) is 60.9 Å². The minimum Gasteiger partial charge on any atom is -0.481 e. The van der Waals surface area contributed by atoms with Crippen molar-refractivity contribution in [2.45, 2.75) is 25.8 Å². The van der Waals surface area contributed by atoms with Gasteiger partial charge in [-0.25, -0.2) is 0 Å². The number of carboxylic acid groups (broad SMARTS) is 1. The summed E-state index contributed by atoms with van der Waals surface area (Å²) in [5, 5.41) is 8.71. The molecule has 20 heavy (non-hydrogen) atoms. The number of likely N-dealkylation sites (N-methyl/N-ethyl adjacent to an activating group) is 1. The highest BCUT2D eigenvalue weighted by atomic mass is 16.4. The minimum absolute atomic E-state index is 0.0572. The van der Waals surface area contributed by atoms with Crippen LogP contribution < -0.4 is 4.90 Å². The van der Waals surface area contributed by atoms with Crippen molar-refractivity contribution in [3.05, 3.63) is 29.8 Å². The molecule has 1 aromatic carbocycles. The van der Waals surface area contributed by atoms with E-state index in [9.17, 15) is 9.59 Å². The first kappa shape index (κ1) is 14.5. The number of hydrogen-bond acceptors (Lipinski definition) is 3.